The van der Waals surface area contributed by atoms with Gasteiger partial charge in [-0.05, 0) is 68.1 Å². The average Bonchev–Trinajstić information content (AvgIpc) is 2.70. The first-order valence-corrected chi connectivity index (χ1v) is 9.44. The number of piperidine rings is 1. The maximum Gasteiger partial charge on any atom is 0.234 e. The van der Waals surface area contributed by atoms with E-state index in [0.717, 1.165) is 37.2 Å². The van der Waals surface area contributed by atoms with Crippen molar-refractivity contribution in [1.82, 2.24) is 15.2 Å². The number of benzene rings is 1. The Kier molecular flexibility index (Phi) is 6.90. The van der Waals surface area contributed by atoms with Crippen molar-refractivity contribution in [1.29, 1.82) is 0 Å². The molecule has 0 radical (unpaired) electrons. The Morgan fingerprint density at radius 2 is 1.96 bits per heavy atom. The minimum atomic E-state index is -0.544. The van der Waals surface area contributed by atoms with E-state index in [-0.39, 0.29) is 17.6 Å². The summed E-state index contributed by atoms with van der Waals surface area (Å²) < 4.78 is 12.9. The molecule has 3 rings (SSSR count). The summed E-state index contributed by atoms with van der Waals surface area (Å²) >= 11 is 0. The third kappa shape index (κ3) is 5.84. The molecule has 144 valence electrons. The van der Waals surface area contributed by atoms with E-state index in [1.807, 2.05) is 18.2 Å². The molecule has 1 aliphatic rings. The summed E-state index contributed by atoms with van der Waals surface area (Å²) in [5, 5.41) is 13.4. The molecule has 1 atom stereocenters. The molecule has 0 unspecified atom stereocenters. The number of hydrogen-bond donors (Lipinski definition) is 2. The number of aromatic nitrogens is 1. The minimum absolute atomic E-state index is 0.000774. The van der Waals surface area contributed by atoms with Gasteiger partial charge in [-0.1, -0.05) is 18.2 Å². The number of aliphatic hydroxyl groups is 1. The second kappa shape index (κ2) is 9.58. The van der Waals surface area contributed by atoms with Gasteiger partial charge < -0.3 is 10.4 Å². The summed E-state index contributed by atoms with van der Waals surface area (Å²) in [7, 11) is 0. The van der Waals surface area contributed by atoms with Crippen molar-refractivity contribution in [3.05, 3.63) is 65.7 Å². The van der Waals surface area contributed by atoms with E-state index in [1.54, 1.807) is 18.3 Å². The second-order valence-electron chi connectivity index (χ2n) is 7.04. The van der Waals surface area contributed by atoms with Crippen LogP contribution in [0.25, 0.3) is 0 Å². The van der Waals surface area contributed by atoms with Crippen LogP contribution in [-0.2, 0) is 11.2 Å². The number of nitrogens with zero attached hydrogens (tertiary/aromatic N) is 2. The van der Waals surface area contributed by atoms with E-state index in [9.17, 15) is 14.3 Å². The molecular weight excluding hydrogens is 345 g/mol. The van der Waals surface area contributed by atoms with Crippen LogP contribution in [0.3, 0.4) is 0 Å². The number of halogens is 1. The van der Waals surface area contributed by atoms with E-state index in [0.29, 0.717) is 19.5 Å². The van der Waals surface area contributed by atoms with Crippen LogP contribution in [-0.4, -0.2) is 47.1 Å². The molecule has 1 fully saturated rings. The smallest absolute Gasteiger partial charge is 0.234 e. The van der Waals surface area contributed by atoms with Crippen molar-refractivity contribution in [3.8, 4) is 0 Å². The van der Waals surface area contributed by atoms with Crippen molar-refractivity contribution in [3.63, 3.8) is 0 Å². The zero-order valence-corrected chi connectivity index (χ0v) is 15.4. The van der Waals surface area contributed by atoms with Crippen LogP contribution >= 0.6 is 0 Å². The van der Waals surface area contributed by atoms with Gasteiger partial charge in [0.2, 0.25) is 5.91 Å². The van der Waals surface area contributed by atoms with Crippen LogP contribution in [0.1, 0.15) is 30.2 Å². The predicted octanol–water partition coefficient (Wildman–Crippen LogP) is 2.33. The van der Waals surface area contributed by atoms with Gasteiger partial charge in [0.1, 0.15) is 5.82 Å². The summed E-state index contributed by atoms with van der Waals surface area (Å²) in [5.74, 6) is -0.0714. The first kappa shape index (κ1) is 19.5. The van der Waals surface area contributed by atoms with Crippen LogP contribution in [0.5, 0.6) is 0 Å². The number of rotatable bonds is 7. The number of pyridine rings is 1. The molecule has 1 saturated heterocycles. The van der Waals surface area contributed by atoms with Gasteiger partial charge in [-0.3, -0.25) is 14.7 Å². The van der Waals surface area contributed by atoms with Crippen molar-refractivity contribution in [2.24, 2.45) is 5.92 Å². The summed E-state index contributed by atoms with van der Waals surface area (Å²) in [6.07, 6.45) is 3.54. The predicted molar refractivity (Wildman–Crippen MR) is 101 cm³/mol. The SMILES string of the molecule is O=C(CN1CCC([C@H](O)c2ccccn2)CC1)NCCc1ccc(F)cc1. The molecule has 0 bridgehead atoms. The van der Waals surface area contributed by atoms with Crippen molar-refractivity contribution in [2.75, 3.05) is 26.2 Å². The first-order chi connectivity index (χ1) is 13.1. The molecule has 2 heterocycles. The molecule has 1 aliphatic heterocycles. The van der Waals surface area contributed by atoms with Crippen molar-refractivity contribution in [2.45, 2.75) is 25.4 Å². The average molecular weight is 371 g/mol. The molecule has 0 saturated carbocycles. The zero-order chi connectivity index (χ0) is 19.1. The molecule has 2 N–H and O–H groups in total. The Morgan fingerprint density at radius 3 is 2.63 bits per heavy atom. The Hall–Kier alpha value is -2.31. The molecule has 1 aromatic heterocycles. The fourth-order valence-corrected chi connectivity index (χ4v) is 3.48. The summed E-state index contributed by atoms with van der Waals surface area (Å²) in [6, 6.07) is 11.9. The summed E-state index contributed by atoms with van der Waals surface area (Å²) in [6.45, 7) is 2.50. The van der Waals surface area contributed by atoms with Crippen molar-refractivity contribution < 1.29 is 14.3 Å². The molecule has 0 spiro atoms. The van der Waals surface area contributed by atoms with Crippen LogP contribution in [0.2, 0.25) is 0 Å². The largest absolute Gasteiger partial charge is 0.387 e. The Morgan fingerprint density at radius 1 is 1.22 bits per heavy atom. The van der Waals surface area contributed by atoms with Crippen molar-refractivity contribution >= 4 is 5.91 Å². The van der Waals surface area contributed by atoms with Crippen LogP contribution in [0.4, 0.5) is 4.39 Å². The first-order valence-electron chi connectivity index (χ1n) is 9.44. The number of nitrogens with one attached hydrogen (secondary N) is 1. The lowest BCUT2D eigenvalue weighted by Gasteiger charge is -2.33. The normalized spacial score (nSPS) is 16.8. The monoisotopic (exact) mass is 371 g/mol. The number of carbonyl (C=O) groups excluding carboxylic acids is 1. The quantitative estimate of drug-likeness (QED) is 0.784. The van der Waals surface area contributed by atoms with E-state index in [4.69, 9.17) is 0 Å². The maximum atomic E-state index is 12.9. The lowest BCUT2D eigenvalue weighted by molar-refractivity contribution is -0.122. The standard InChI is InChI=1S/C21H26FN3O2/c22-18-6-4-16(5-7-18)8-12-24-20(26)15-25-13-9-17(10-14-25)21(27)19-3-1-2-11-23-19/h1-7,11,17,21,27H,8-10,12-15H2,(H,24,26)/t21-/m0/s1. The fraction of sp³-hybridized carbons (Fsp3) is 0.429. The number of hydrogen-bond acceptors (Lipinski definition) is 4. The van der Waals surface area contributed by atoms with Gasteiger partial charge in [0.15, 0.2) is 0 Å². The van der Waals surface area contributed by atoms with Gasteiger partial charge >= 0.3 is 0 Å². The molecule has 0 aliphatic carbocycles. The Labute approximate surface area is 159 Å². The molecule has 27 heavy (non-hydrogen) atoms. The second-order valence-corrected chi connectivity index (χ2v) is 7.04. The van der Waals surface area contributed by atoms with E-state index in [1.165, 1.54) is 12.1 Å². The number of carbonyl (C=O) groups is 1. The molecule has 1 amide bonds. The topological polar surface area (TPSA) is 65.5 Å². The van der Waals surface area contributed by atoms with Crippen LogP contribution in [0.15, 0.2) is 48.7 Å². The molecular formula is C21H26FN3O2. The van der Waals surface area contributed by atoms with E-state index < -0.39 is 6.10 Å². The van der Waals surface area contributed by atoms with Gasteiger partial charge in [-0.15, -0.1) is 0 Å². The lowest BCUT2D eigenvalue weighted by atomic mass is 9.89. The summed E-state index contributed by atoms with van der Waals surface area (Å²) in [5.41, 5.74) is 1.72. The molecule has 6 heteroatoms. The highest BCUT2D eigenvalue weighted by Gasteiger charge is 2.27. The van der Waals surface area contributed by atoms with E-state index in [2.05, 4.69) is 15.2 Å². The molecule has 2 aromatic rings. The lowest BCUT2D eigenvalue weighted by Crippen LogP contribution is -2.42. The van der Waals surface area contributed by atoms with Gasteiger partial charge in [0.05, 0.1) is 18.3 Å². The molecule has 5 nitrogen and oxygen atoms in total. The Bertz CT molecular complexity index is 716. The number of aliphatic hydroxyl groups excluding tert-OH is 1. The van der Waals surface area contributed by atoms with Gasteiger partial charge in [0, 0.05) is 12.7 Å². The number of likely N-dealkylation sites (tertiary alicyclic amines) is 1. The minimum Gasteiger partial charge on any atom is -0.387 e. The van der Waals surface area contributed by atoms with Gasteiger partial charge in [0.25, 0.3) is 0 Å². The van der Waals surface area contributed by atoms with E-state index >= 15 is 0 Å². The van der Waals surface area contributed by atoms with Gasteiger partial charge in [-0.25, -0.2) is 4.39 Å². The molecule has 1 aromatic carbocycles. The summed E-state index contributed by atoms with van der Waals surface area (Å²) in [4.78, 5) is 18.5. The fourth-order valence-electron chi connectivity index (χ4n) is 3.48. The number of amides is 1. The van der Waals surface area contributed by atoms with Gasteiger partial charge in [-0.2, -0.15) is 0 Å². The van der Waals surface area contributed by atoms with Crippen LogP contribution in [0, 0.1) is 11.7 Å². The van der Waals surface area contributed by atoms with Crippen LogP contribution < -0.4 is 5.32 Å². The highest BCUT2D eigenvalue weighted by atomic mass is 19.1. The zero-order valence-electron chi connectivity index (χ0n) is 15.4. The Balaban J connectivity index is 1.36. The highest BCUT2D eigenvalue weighted by molar-refractivity contribution is 5.78. The highest BCUT2D eigenvalue weighted by Crippen LogP contribution is 2.29. The maximum absolute atomic E-state index is 12.9. The third-order valence-electron chi connectivity index (χ3n) is 5.09. The third-order valence-corrected chi connectivity index (χ3v) is 5.09.